The highest BCUT2D eigenvalue weighted by atomic mass is 16.5. The number of aliphatic carboxylic acids is 1. The number of ether oxygens (including phenoxy) is 1. The molecule has 2 unspecified atom stereocenters. The number of methoxy groups -OCH3 is 1. The minimum Gasteiger partial charge on any atom is -0.497 e. The summed E-state index contributed by atoms with van der Waals surface area (Å²) in [6, 6.07) is 7.99. The van der Waals surface area contributed by atoms with Gasteiger partial charge in [0.05, 0.1) is 13.0 Å². The molecule has 1 fully saturated rings. The van der Waals surface area contributed by atoms with Crippen LogP contribution in [0.5, 0.6) is 5.75 Å². The standard InChI is InChI=1S/C14H19NO3/c1-18-13-7-5-11(6-8-13)15-12-4-2-3-10(9-12)14(16)17/h5-8,10,12,15H,2-4,9H2,1H3,(H,16,17). The molecule has 2 atom stereocenters. The van der Waals surface area contributed by atoms with Crippen LogP contribution < -0.4 is 10.1 Å². The van der Waals surface area contributed by atoms with Crippen LogP contribution in [0.2, 0.25) is 0 Å². The van der Waals surface area contributed by atoms with Crippen molar-refractivity contribution in [1.29, 1.82) is 0 Å². The summed E-state index contributed by atoms with van der Waals surface area (Å²) in [6.07, 6.45) is 3.53. The average Bonchev–Trinajstić information content (AvgIpc) is 2.40. The highest BCUT2D eigenvalue weighted by molar-refractivity contribution is 5.70. The van der Waals surface area contributed by atoms with E-state index >= 15 is 0 Å². The molecule has 0 saturated heterocycles. The molecule has 0 aromatic heterocycles. The molecule has 0 amide bonds. The zero-order valence-electron chi connectivity index (χ0n) is 10.6. The second kappa shape index (κ2) is 5.76. The van der Waals surface area contributed by atoms with Crippen LogP contribution >= 0.6 is 0 Å². The predicted octanol–water partition coefficient (Wildman–Crippen LogP) is 2.75. The highest BCUT2D eigenvalue weighted by Crippen LogP contribution is 2.27. The molecule has 1 aliphatic carbocycles. The fourth-order valence-corrected chi connectivity index (χ4v) is 2.47. The second-order valence-corrected chi connectivity index (χ2v) is 4.77. The molecular weight excluding hydrogens is 230 g/mol. The van der Waals surface area contributed by atoms with Gasteiger partial charge in [0.25, 0.3) is 0 Å². The first-order valence-corrected chi connectivity index (χ1v) is 6.32. The Kier molecular flexibility index (Phi) is 4.07. The first-order valence-electron chi connectivity index (χ1n) is 6.32. The summed E-state index contributed by atoms with van der Waals surface area (Å²) in [6.45, 7) is 0. The van der Waals surface area contributed by atoms with E-state index in [2.05, 4.69) is 5.32 Å². The highest BCUT2D eigenvalue weighted by Gasteiger charge is 2.26. The molecule has 0 aliphatic heterocycles. The molecule has 1 aliphatic rings. The Bertz CT molecular complexity index is 402. The van der Waals surface area contributed by atoms with Crippen molar-refractivity contribution in [3.63, 3.8) is 0 Å². The third kappa shape index (κ3) is 3.15. The van der Waals surface area contributed by atoms with Crippen LogP contribution in [0.4, 0.5) is 5.69 Å². The van der Waals surface area contributed by atoms with Gasteiger partial charge in [0.1, 0.15) is 5.75 Å². The largest absolute Gasteiger partial charge is 0.497 e. The van der Waals surface area contributed by atoms with Crippen LogP contribution in [0.3, 0.4) is 0 Å². The Hall–Kier alpha value is -1.71. The van der Waals surface area contributed by atoms with Crippen LogP contribution in [0, 0.1) is 5.92 Å². The summed E-state index contributed by atoms with van der Waals surface area (Å²) in [5, 5.41) is 12.4. The molecule has 18 heavy (non-hydrogen) atoms. The Balaban J connectivity index is 1.93. The summed E-state index contributed by atoms with van der Waals surface area (Å²) in [5.41, 5.74) is 1.02. The Labute approximate surface area is 107 Å². The number of hydrogen-bond acceptors (Lipinski definition) is 3. The molecule has 1 aromatic rings. The number of rotatable bonds is 4. The van der Waals surface area contributed by atoms with Gasteiger partial charge in [0, 0.05) is 11.7 Å². The third-order valence-electron chi connectivity index (χ3n) is 3.48. The van der Waals surface area contributed by atoms with E-state index in [0.29, 0.717) is 6.42 Å². The molecule has 4 heteroatoms. The van der Waals surface area contributed by atoms with Crippen molar-refractivity contribution in [2.75, 3.05) is 12.4 Å². The molecule has 1 saturated carbocycles. The van der Waals surface area contributed by atoms with Gasteiger partial charge in [-0.05, 0) is 43.5 Å². The lowest BCUT2D eigenvalue weighted by molar-refractivity contribution is -0.142. The topological polar surface area (TPSA) is 58.6 Å². The lowest BCUT2D eigenvalue weighted by Gasteiger charge is -2.28. The molecule has 98 valence electrons. The van der Waals surface area contributed by atoms with E-state index in [4.69, 9.17) is 9.84 Å². The minimum absolute atomic E-state index is 0.200. The van der Waals surface area contributed by atoms with Gasteiger partial charge in [-0.2, -0.15) is 0 Å². The van der Waals surface area contributed by atoms with Crippen LogP contribution in [0.25, 0.3) is 0 Å². The maximum atomic E-state index is 11.0. The van der Waals surface area contributed by atoms with Gasteiger partial charge in [-0.1, -0.05) is 6.42 Å². The van der Waals surface area contributed by atoms with Crippen molar-refractivity contribution in [1.82, 2.24) is 0 Å². The third-order valence-corrected chi connectivity index (χ3v) is 3.48. The van der Waals surface area contributed by atoms with E-state index in [1.165, 1.54) is 0 Å². The number of hydrogen-bond donors (Lipinski definition) is 2. The van der Waals surface area contributed by atoms with Crippen molar-refractivity contribution in [2.45, 2.75) is 31.7 Å². The van der Waals surface area contributed by atoms with E-state index in [1.807, 2.05) is 24.3 Å². The first kappa shape index (κ1) is 12.7. The van der Waals surface area contributed by atoms with E-state index in [-0.39, 0.29) is 12.0 Å². The lowest BCUT2D eigenvalue weighted by atomic mass is 9.85. The Morgan fingerprint density at radius 2 is 2.06 bits per heavy atom. The lowest BCUT2D eigenvalue weighted by Crippen LogP contribution is -2.30. The van der Waals surface area contributed by atoms with Gasteiger partial charge < -0.3 is 15.2 Å². The molecule has 2 rings (SSSR count). The van der Waals surface area contributed by atoms with Crippen molar-refractivity contribution >= 4 is 11.7 Å². The number of carboxylic acids is 1. The second-order valence-electron chi connectivity index (χ2n) is 4.77. The van der Waals surface area contributed by atoms with Gasteiger partial charge in [0.2, 0.25) is 0 Å². The predicted molar refractivity (Wildman–Crippen MR) is 70.0 cm³/mol. The van der Waals surface area contributed by atoms with Crippen molar-refractivity contribution in [3.8, 4) is 5.75 Å². The summed E-state index contributed by atoms with van der Waals surface area (Å²) in [7, 11) is 1.64. The zero-order chi connectivity index (χ0) is 13.0. The van der Waals surface area contributed by atoms with Crippen LogP contribution in [0.15, 0.2) is 24.3 Å². The first-order chi connectivity index (χ1) is 8.69. The fraction of sp³-hybridized carbons (Fsp3) is 0.500. The fourth-order valence-electron chi connectivity index (χ4n) is 2.47. The average molecular weight is 249 g/mol. The summed E-state index contributed by atoms with van der Waals surface area (Å²) < 4.78 is 5.10. The van der Waals surface area contributed by atoms with Gasteiger partial charge in [-0.25, -0.2) is 0 Å². The molecule has 1 aromatic carbocycles. The summed E-state index contributed by atoms with van der Waals surface area (Å²) in [4.78, 5) is 11.0. The number of nitrogens with one attached hydrogen (secondary N) is 1. The SMILES string of the molecule is COc1ccc(NC2CCCC(C(=O)O)C2)cc1. The van der Waals surface area contributed by atoms with Crippen LogP contribution in [0.1, 0.15) is 25.7 Å². The molecule has 0 heterocycles. The number of anilines is 1. The Morgan fingerprint density at radius 3 is 2.67 bits per heavy atom. The van der Waals surface area contributed by atoms with E-state index in [0.717, 1.165) is 30.7 Å². The molecular formula is C14H19NO3. The summed E-state index contributed by atoms with van der Waals surface area (Å²) >= 11 is 0. The van der Waals surface area contributed by atoms with E-state index in [1.54, 1.807) is 7.11 Å². The quantitative estimate of drug-likeness (QED) is 0.861. The maximum absolute atomic E-state index is 11.0. The molecule has 2 N–H and O–H groups in total. The van der Waals surface area contributed by atoms with Crippen molar-refractivity contribution in [3.05, 3.63) is 24.3 Å². The number of benzene rings is 1. The summed E-state index contributed by atoms with van der Waals surface area (Å²) in [5.74, 6) is -0.0432. The van der Waals surface area contributed by atoms with Crippen LogP contribution in [-0.2, 0) is 4.79 Å². The van der Waals surface area contributed by atoms with E-state index < -0.39 is 5.97 Å². The minimum atomic E-state index is -0.670. The van der Waals surface area contributed by atoms with Crippen LogP contribution in [-0.4, -0.2) is 24.2 Å². The van der Waals surface area contributed by atoms with E-state index in [9.17, 15) is 4.79 Å². The molecule has 0 bridgehead atoms. The Morgan fingerprint density at radius 1 is 1.33 bits per heavy atom. The molecule has 4 nitrogen and oxygen atoms in total. The number of carbonyl (C=O) groups is 1. The zero-order valence-corrected chi connectivity index (χ0v) is 10.6. The maximum Gasteiger partial charge on any atom is 0.306 e. The van der Waals surface area contributed by atoms with Crippen molar-refractivity contribution < 1.29 is 14.6 Å². The molecule has 0 radical (unpaired) electrons. The van der Waals surface area contributed by atoms with Gasteiger partial charge >= 0.3 is 5.97 Å². The normalized spacial score (nSPS) is 23.4. The van der Waals surface area contributed by atoms with Gasteiger partial charge in [0.15, 0.2) is 0 Å². The van der Waals surface area contributed by atoms with Crippen molar-refractivity contribution in [2.24, 2.45) is 5.92 Å². The monoisotopic (exact) mass is 249 g/mol. The smallest absolute Gasteiger partial charge is 0.306 e. The van der Waals surface area contributed by atoms with Gasteiger partial charge in [-0.15, -0.1) is 0 Å². The van der Waals surface area contributed by atoms with Gasteiger partial charge in [-0.3, -0.25) is 4.79 Å². The molecule has 0 spiro atoms. The number of carboxylic acid groups (broad SMARTS) is 1.